The van der Waals surface area contributed by atoms with Crippen molar-refractivity contribution in [2.75, 3.05) is 11.5 Å². The van der Waals surface area contributed by atoms with Gasteiger partial charge in [-0.3, -0.25) is 9.29 Å². The molecule has 0 bridgehead atoms. The fourth-order valence-corrected chi connectivity index (χ4v) is 3.90. The van der Waals surface area contributed by atoms with Crippen LogP contribution in [0.25, 0.3) is 5.82 Å². The molecular formula is C16H12ClN3O4S. The fourth-order valence-electron chi connectivity index (χ4n) is 2.48. The number of anilines is 1. The van der Waals surface area contributed by atoms with Crippen molar-refractivity contribution in [2.45, 2.75) is 5.03 Å². The molecule has 25 heavy (non-hydrogen) atoms. The van der Waals surface area contributed by atoms with Crippen molar-refractivity contribution in [1.29, 1.82) is 0 Å². The first-order valence-electron chi connectivity index (χ1n) is 7.25. The van der Waals surface area contributed by atoms with E-state index < -0.39 is 10.0 Å². The predicted octanol–water partition coefficient (Wildman–Crippen LogP) is 3.06. The highest BCUT2D eigenvalue weighted by atomic mass is 35.5. The van der Waals surface area contributed by atoms with E-state index in [0.717, 1.165) is 0 Å². The van der Waals surface area contributed by atoms with E-state index in [1.54, 1.807) is 48.8 Å². The van der Waals surface area contributed by atoms with E-state index in [1.807, 2.05) is 0 Å². The Morgan fingerprint density at radius 1 is 1.12 bits per heavy atom. The summed E-state index contributed by atoms with van der Waals surface area (Å²) < 4.78 is 40.0. The number of aromatic nitrogens is 2. The molecule has 0 radical (unpaired) electrons. The number of halogens is 1. The van der Waals surface area contributed by atoms with Gasteiger partial charge < -0.3 is 9.47 Å². The molecule has 0 unspecified atom stereocenters. The minimum atomic E-state index is -3.87. The van der Waals surface area contributed by atoms with Crippen LogP contribution in [-0.4, -0.2) is 24.8 Å². The van der Waals surface area contributed by atoms with E-state index in [4.69, 9.17) is 21.1 Å². The van der Waals surface area contributed by atoms with Gasteiger partial charge in [-0.15, -0.1) is 0 Å². The predicted molar refractivity (Wildman–Crippen MR) is 91.9 cm³/mol. The highest BCUT2D eigenvalue weighted by Gasteiger charge is 2.22. The Balaban J connectivity index is 1.70. The monoisotopic (exact) mass is 377 g/mol. The van der Waals surface area contributed by atoms with Gasteiger partial charge >= 0.3 is 0 Å². The summed E-state index contributed by atoms with van der Waals surface area (Å²) in [6, 6.07) is 11.2. The van der Waals surface area contributed by atoms with E-state index in [2.05, 4.69) is 9.71 Å². The number of rotatable bonds is 4. The minimum absolute atomic E-state index is 0.0192. The lowest BCUT2D eigenvalue weighted by atomic mass is 10.3. The zero-order valence-electron chi connectivity index (χ0n) is 12.7. The van der Waals surface area contributed by atoms with Crippen LogP contribution in [0.3, 0.4) is 0 Å². The second kappa shape index (κ2) is 5.98. The van der Waals surface area contributed by atoms with Crippen LogP contribution in [0.4, 0.5) is 5.69 Å². The molecule has 1 aliphatic heterocycles. The number of ether oxygens (including phenoxy) is 2. The number of fused-ring (bicyclic) bond motifs is 1. The number of pyridine rings is 1. The van der Waals surface area contributed by atoms with Crippen LogP contribution >= 0.6 is 11.6 Å². The summed E-state index contributed by atoms with van der Waals surface area (Å²) in [5.74, 6) is 1.40. The van der Waals surface area contributed by atoms with Crippen LogP contribution in [0, 0.1) is 0 Å². The van der Waals surface area contributed by atoms with Crippen LogP contribution in [0.5, 0.6) is 11.5 Å². The van der Waals surface area contributed by atoms with Crippen molar-refractivity contribution >= 4 is 27.3 Å². The van der Waals surface area contributed by atoms with Gasteiger partial charge in [0.05, 0.1) is 10.7 Å². The molecule has 7 nitrogen and oxygen atoms in total. The standard InChI is InChI=1S/C16H12ClN3O4S/c17-12-3-1-7-18-16(12)20-8-2-4-15(20)25(21,22)19-11-5-6-13-14(9-11)24-10-23-13/h1-9,19H,10H2. The van der Waals surface area contributed by atoms with Crippen molar-refractivity contribution in [2.24, 2.45) is 0 Å². The molecule has 0 aliphatic carbocycles. The Hall–Kier alpha value is -2.71. The number of nitrogens with zero attached hydrogens (tertiary/aromatic N) is 2. The highest BCUT2D eigenvalue weighted by molar-refractivity contribution is 7.92. The molecule has 3 heterocycles. The first kappa shape index (κ1) is 15.8. The summed E-state index contributed by atoms with van der Waals surface area (Å²) in [5.41, 5.74) is 0.365. The van der Waals surface area contributed by atoms with E-state index in [1.165, 1.54) is 10.6 Å². The van der Waals surface area contributed by atoms with Crippen LogP contribution in [0.2, 0.25) is 5.02 Å². The summed E-state index contributed by atoms with van der Waals surface area (Å²) in [6.07, 6.45) is 3.13. The SMILES string of the molecule is O=S(=O)(Nc1ccc2c(c1)OCO2)c1cccn1-c1ncccc1Cl. The number of nitrogens with one attached hydrogen (secondary N) is 1. The van der Waals surface area contributed by atoms with Crippen molar-refractivity contribution in [3.05, 3.63) is 59.9 Å². The molecular weight excluding hydrogens is 366 g/mol. The summed E-state index contributed by atoms with van der Waals surface area (Å²) in [7, 11) is -3.87. The van der Waals surface area contributed by atoms with Gasteiger partial charge in [0, 0.05) is 18.5 Å². The number of sulfonamides is 1. The van der Waals surface area contributed by atoms with Gasteiger partial charge in [0.15, 0.2) is 22.3 Å². The molecule has 0 fully saturated rings. The van der Waals surface area contributed by atoms with Gasteiger partial charge in [0.2, 0.25) is 6.79 Å². The molecule has 9 heteroatoms. The quantitative estimate of drug-likeness (QED) is 0.755. The third-order valence-corrected chi connectivity index (χ3v) is 5.26. The van der Waals surface area contributed by atoms with E-state index in [-0.39, 0.29) is 11.8 Å². The minimum Gasteiger partial charge on any atom is -0.454 e. The van der Waals surface area contributed by atoms with Gasteiger partial charge in [-0.2, -0.15) is 8.42 Å². The molecule has 0 saturated carbocycles. The maximum absolute atomic E-state index is 12.8. The largest absolute Gasteiger partial charge is 0.454 e. The lowest BCUT2D eigenvalue weighted by Crippen LogP contribution is -2.17. The van der Waals surface area contributed by atoms with E-state index in [9.17, 15) is 8.42 Å². The topological polar surface area (TPSA) is 82.5 Å². The summed E-state index contributed by atoms with van der Waals surface area (Å²) >= 11 is 6.13. The Bertz CT molecular complexity index is 1050. The molecule has 1 aliphatic rings. The zero-order chi connectivity index (χ0) is 17.4. The van der Waals surface area contributed by atoms with E-state index in [0.29, 0.717) is 28.0 Å². The van der Waals surface area contributed by atoms with Crippen LogP contribution < -0.4 is 14.2 Å². The number of hydrogen-bond donors (Lipinski definition) is 1. The summed E-state index contributed by atoms with van der Waals surface area (Å²) in [5, 5.41) is 0.365. The Kier molecular flexibility index (Phi) is 3.78. The molecule has 0 amide bonds. The molecule has 0 atom stereocenters. The smallest absolute Gasteiger partial charge is 0.277 e. The van der Waals surface area contributed by atoms with Crippen molar-refractivity contribution < 1.29 is 17.9 Å². The molecule has 1 aromatic carbocycles. The molecule has 128 valence electrons. The Morgan fingerprint density at radius 2 is 1.96 bits per heavy atom. The maximum Gasteiger partial charge on any atom is 0.277 e. The fraction of sp³-hybridized carbons (Fsp3) is 0.0625. The van der Waals surface area contributed by atoms with Gasteiger partial charge in [-0.1, -0.05) is 11.6 Å². The highest BCUT2D eigenvalue weighted by Crippen LogP contribution is 2.35. The molecule has 4 rings (SSSR count). The molecule has 0 spiro atoms. The lowest BCUT2D eigenvalue weighted by molar-refractivity contribution is 0.174. The third kappa shape index (κ3) is 2.90. The first-order valence-corrected chi connectivity index (χ1v) is 9.11. The van der Waals surface area contributed by atoms with Crippen LogP contribution in [0.1, 0.15) is 0 Å². The summed E-state index contributed by atoms with van der Waals surface area (Å²) in [6.45, 7) is 0.118. The summed E-state index contributed by atoms with van der Waals surface area (Å²) in [4.78, 5) is 4.15. The van der Waals surface area contributed by atoms with Gasteiger partial charge in [-0.05, 0) is 36.4 Å². The first-order chi connectivity index (χ1) is 12.0. The normalized spacial score (nSPS) is 13.0. The van der Waals surface area contributed by atoms with Gasteiger partial charge in [0.25, 0.3) is 10.0 Å². The average molecular weight is 378 g/mol. The Labute approximate surface area is 148 Å². The van der Waals surface area contributed by atoms with Crippen molar-refractivity contribution in [3.8, 4) is 17.3 Å². The molecule has 1 N–H and O–H groups in total. The average Bonchev–Trinajstić information content (AvgIpc) is 3.23. The van der Waals surface area contributed by atoms with Crippen LogP contribution in [0.15, 0.2) is 59.9 Å². The van der Waals surface area contributed by atoms with Gasteiger partial charge in [-0.25, -0.2) is 4.98 Å². The Morgan fingerprint density at radius 3 is 2.80 bits per heavy atom. The second-order valence-corrected chi connectivity index (χ2v) is 7.24. The van der Waals surface area contributed by atoms with E-state index >= 15 is 0 Å². The van der Waals surface area contributed by atoms with Crippen molar-refractivity contribution in [3.63, 3.8) is 0 Å². The molecule has 0 saturated heterocycles. The molecule has 2 aromatic heterocycles. The zero-order valence-corrected chi connectivity index (χ0v) is 14.3. The second-order valence-electron chi connectivity index (χ2n) is 5.20. The third-order valence-electron chi connectivity index (χ3n) is 3.58. The van der Waals surface area contributed by atoms with Gasteiger partial charge in [0.1, 0.15) is 0 Å². The number of hydrogen-bond acceptors (Lipinski definition) is 5. The van der Waals surface area contributed by atoms with Crippen LogP contribution in [-0.2, 0) is 10.0 Å². The van der Waals surface area contributed by atoms with Crippen molar-refractivity contribution in [1.82, 2.24) is 9.55 Å². The lowest BCUT2D eigenvalue weighted by Gasteiger charge is -2.12. The number of benzene rings is 1. The molecule has 3 aromatic rings. The maximum atomic E-state index is 12.8.